The Morgan fingerprint density at radius 3 is 2.40 bits per heavy atom. The van der Waals surface area contributed by atoms with Crippen LogP contribution in [-0.4, -0.2) is 22.1 Å². The lowest BCUT2D eigenvalue weighted by Crippen LogP contribution is -2.19. The van der Waals surface area contributed by atoms with Crippen LogP contribution in [0.25, 0.3) is 10.9 Å². The van der Waals surface area contributed by atoms with Crippen LogP contribution >= 0.6 is 0 Å². The predicted octanol–water partition coefficient (Wildman–Crippen LogP) is 5.06. The number of nitrogens with one attached hydrogen (secondary N) is 2. The highest BCUT2D eigenvalue weighted by molar-refractivity contribution is 6.00. The number of urea groups is 1. The number of hydrogen-bond acceptors (Lipinski definition) is 4. The van der Waals surface area contributed by atoms with Gasteiger partial charge in [-0.25, -0.2) is 4.79 Å². The molecule has 7 nitrogen and oxygen atoms in total. The minimum absolute atomic E-state index is 0.355. The number of rotatable bonds is 7. The molecule has 0 aliphatic rings. The minimum atomic E-state index is -0.355. The third kappa shape index (κ3) is 4.82. The molecule has 0 saturated carbocycles. The number of benzene rings is 3. The SMILES string of the molecule is O=CCCn1cc2ccc(NC(=O)Nc3ccc(Oc4ccccc4)cc3)cc2n1. The van der Waals surface area contributed by atoms with Crippen molar-refractivity contribution in [3.63, 3.8) is 0 Å². The molecule has 0 aliphatic heterocycles. The van der Waals surface area contributed by atoms with Crippen molar-refractivity contribution < 1.29 is 14.3 Å². The monoisotopic (exact) mass is 400 g/mol. The van der Waals surface area contributed by atoms with Gasteiger partial charge in [-0.3, -0.25) is 4.68 Å². The number of carbonyl (C=O) groups excluding carboxylic acids is 2. The Balaban J connectivity index is 1.36. The molecular formula is C23H20N4O3. The van der Waals surface area contributed by atoms with E-state index in [0.29, 0.717) is 30.1 Å². The van der Waals surface area contributed by atoms with Crippen molar-refractivity contribution in [3.8, 4) is 11.5 Å². The molecular weight excluding hydrogens is 380 g/mol. The van der Waals surface area contributed by atoms with Gasteiger partial charge >= 0.3 is 6.03 Å². The lowest BCUT2D eigenvalue weighted by atomic mass is 10.2. The smallest absolute Gasteiger partial charge is 0.323 e. The molecule has 0 unspecified atom stereocenters. The maximum absolute atomic E-state index is 12.3. The number of ether oxygens (including phenoxy) is 1. The fourth-order valence-electron chi connectivity index (χ4n) is 2.97. The molecule has 0 fully saturated rings. The van der Waals surface area contributed by atoms with Crippen LogP contribution in [0, 0.1) is 0 Å². The first-order chi connectivity index (χ1) is 14.7. The number of hydrogen-bond donors (Lipinski definition) is 2. The highest BCUT2D eigenvalue weighted by atomic mass is 16.5. The van der Waals surface area contributed by atoms with Gasteiger partial charge in [-0.1, -0.05) is 18.2 Å². The summed E-state index contributed by atoms with van der Waals surface area (Å²) in [7, 11) is 0. The molecule has 0 bridgehead atoms. The van der Waals surface area contributed by atoms with Crippen molar-refractivity contribution in [1.82, 2.24) is 9.78 Å². The van der Waals surface area contributed by atoms with Crippen LogP contribution in [-0.2, 0) is 11.3 Å². The van der Waals surface area contributed by atoms with Gasteiger partial charge in [-0.05, 0) is 54.6 Å². The van der Waals surface area contributed by atoms with Crippen molar-refractivity contribution >= 4 is 34.6 Å². The number of amides is 2. The molecule has 150 valence electrons. The van der Waals surface area contributed by atoms with Crippen molar-refractivity contribution in [3.05, 3.63) is 79.0 Å². The number of aromatic nitrogens is 2. The van der Waals surface area contributed by atoms with E-state index < -0.39 is 0 Å². The summed E-state index contributed by atoms with van der Waals surface area (Å²) in [6.07, 6.45) is 3.16. The minimum Gasteiger partial charge on any atom is -0.457 e. The van der Waals surface area contributed by atoms with E-state index in [9.17, 15) is 9.59 Å². The number of carbonyl (C=O) groups is 2. The van der Waals surface area contributed by atoms with Crippen LogP contribution < -0.4 is 15.4 Å². The van der Waals surface area contributed by atoms with E-state index in [1.807, 2.05) is 48.7 Å². The molecule has 3 aromatic carbocycles. The topological polar surface area (TPSA) is 85.2 Å². The van der Waals surface area contributed by atoms with Crippen molar-refractivity contribution in [2.24, 2.45) is 0 Å². The molecule has 0 spiro atoms. The Bertz CT molecular complexity index is 1150. The van der Waals surface area contributed by atoms with Crippen LogP contribution in [0.4, 0.5) is 16.2 Å². The normalized spacial score (nSPS) is 10.5. The van der Waals surface area contributed by atoms with Crippen molar-refractivity contribution in [1.29, 1.82) is 0 Å². The summed E-state index contributed by atoms with van der Waals surface area (Å²) in [4.78, 5) is 22.8. The number of fused-ring (bicyclic) bond motifs is 1. The maximum Gasteiger partial charge on any atom is 0.323 e. The van der Waals surface area contributed by atoms with E-state index in [1.165, 1.54) is 0 Å². The molecule has 0 saturated heterocycles. The highest BCUT2D eigenvalue weighted by Gasteiger charge is 2.06. The lowest BCUT2D eigenvalue weighted by molar-refractivity contribution is -0.108. The van der Waals surface area contributed by atoms with Crippen LogP contribution in [0.15, 0.2) is 79.0 Å². The van der Waals surface area contributed by atoms with E-state index in [2.05, 4.69) is 15.7 Å². The van der Waals surface area contributed by atoms with Gasteiger partial charge in [0.2, 0.25) is 0 Å². The predicted molar refractivity (Wildman–Crippen MR) is 116 cm³/mol. The summed E-state index contributed by atoms with van der Waals surface area (Å²) in [6.45, 7) is 0.533. The third-order valence-corrected chi connectivity index (χ3v) is 4.38. The Morgan fingerprint density at radius 2 is 1.63 bits per heavy atom. The van der Waals surface area contributed by atoms with E-state index in [0.717, 1.165) is 22.9 Å². The summed E-state index contributed by atoms with van der Waals surface area (Å²) in [5.74, 6) is 1.43. The van der Waals surface area contributed by atoms with Gasteiger partial charge in [-0.15, -0.1) is 0 Å². The summed E-state index contributed by atoms with van der Waals surface area (Å²) >= 11 is 0. The Morgan fingerprint density at radius 1 is 0.933 bits per heavy atom. The molecule has 2 amide bonds. The standard InChI is InChI=1S/C23H20N4O3/c28-14-4-13-27-16-17-7-8-19(15-22(17)26-27)25-23(29)24-18-9-11-21(12-10-18)30-20-5-2-1-3-6-20/h1-3,5-12,14-16H,4,13H2,(H2,24,25,29). The number of aryl methyl sites for hydroxylation is 1. The Hall–Kier alpha value is -4.13. The largest absolute Gasteiger partial charge is 0.457 e. The molecule has 1 heterocycles. The fourth-order valence-corrected chi connectivity index (χ4v) is 2.97. The van der Waals surface area contributed by atoms with Gasteiger partial charge in [-0.2, -0.15) is 5.10 Å². The zero-order chi connectivity index (χ0) is 20.8. The maximum atomic E-state index is 12.3. The van der Waals surface area contributed by atoms with Gasteiger partial charge in [0.1, 0.15) is 17.8 Å². The van der Waals surface area contributed by atoms with Crippen LogP contribution in [0.5, 0.6) is 11.5 Å². The molecule has 0 aliphatic carbocycles. The Labute approximate surface area is 173 Å². The molecule has 7 heteroatoms. The Kier molecular flexibility index (Phi) is 5.70. The molecule has 0 radical (unpaired) electrons. The number of anilines is 2. The zero-order valence-electron chi connectivity index (χ0n) is 16.1. The lowest BCUT2D eigenvalue weighted by Gasteiger charge is -2.09. The average molecular weight is 400 g/mol. The summed E-state index contributed by atoms with van der Waals surface area (Å²) in [5, 5.41) is 11.0. The number of nitrogens with zero attached hydrogens (tertiary/aromatic N) is 2. The third-order valence-electron chi connectivity index (χ3n) is 4.38. The first kappa shape index (κ1) is 19.2. The van der Waals surface area contributed by atoms with Gasteiger partial charge in [0.25, 0.3) is 0 Å². The van der Waals surface area contributed by atoms with Crippen LogP contribution in [0.1, 0.15) is 6.42 Å². The van der Waals surface area contributed by atoms with Gasteiger partial charge < -0.3 is 20.2 Å². The molecule has 30 heavy (non-hydrogen) atoms. The quantitative estimate of drug-likeness (QED) is 0.425. The molecule has 1 aromatic heterocycles. The van der Waals surface area contributed by atoms with E-state index in [-0.39, 0.29) is 6.03 Å². The van der Waals surface area contributed by atoms with E-state index in [4.69, 9.17) is 4.74 Å². The van der Waals surface area contributed by atoms with Crippen LogP contribution in [0.3, 0.4) is 0 Å². The molecule has 4 aromatic rings. The molecule has 0 atom stereocenters. The second-order valence-corrected chi connectivity index (χ2v) is 6.64. The first-order valence-electron chi connectivity index (χ1n) is 9.51. The number of aldehydes is 1. The summed E-state index contributed by atoms with van der Waals surface area (Å²) < 4.78 is 7.47. The van der Waals surface area contributed by atoms with E-state index >= 15 is 0 Å². The van der Waals surface area contributed by atoms with Crippen LogP contribution in [0.2, 0.25) is 0 Å². The van der Waals surface area contributed by atoms with Crippen molar-refractivity contribution in [2.75, 3.05) is 10.6 Å². The highest BCUT2D eigenvalue weighted by Crippen LogP contribution is 2.23. The van der Waals surface area contributed by atoms with Gasteiger partial charge in [0, 0.05) is 35.9 Å². The summed E-state index contributed by atoms with van der Waals surface area (Å²) in [6, 6.07) is 21.8. The fraction of sp³-hybridized carbons (Fsp3) is 0.0870. The number of para-hydroxylation sites is 1. The molecule has 2 N–H and O–H groups in total. The van der Waals surface area contributed by atoms with E-state index in [1.54, 1.807) is 35.0 Å². The second-order valence-electron chi connectivity index (χ2n) is 6.64. The second kappa shape index (κ2) is 8.91. The zero-order valence-corrected chi connectivity index (χ0v) is 16.1. The average Bonchev–Trinajstić information content (AvgIpc) is 3.16. The summed E-state index contributed by atoms with van der Waals surface area (Å²) in [5.41, 5.74) is 2.03. The molecule has 4 rings (SSSR count). The van der Waals surface area contributed by atoms with Gasteiger partial charge in [0.15, 0.2) is 0 Å². The van der Waals surface area contributed by atoms with Gasteiger partial charge in [0.05, 0.1) is 5.52 Å². The first-order valence-corrected chi connectivity index (χ1v) is 9.51. The van der Waals surface area contributed by atoms with Crippen molar-refractivity contribution in [2.45, 2.75) is 13.0 Å².